The highest BCUT2D eigenvalue weighted by Gasteiger charge is 2.18. The van der Waals surface area contributed by atoms with Crippen LogP contribution >= 0.6 is 15.9 Å². The predicted octanol–water partition coefficient (Wildman–Crippen LogP) is 3.51. The summed E-state index contributed by atoms with van der Waals surface area (Å²) in [5, 5.41) is 12.2. The van der Waals surface area contributed by atoms with Crippen LogP contribution in [-0.2, 0) is 4.79 Å². The Morgan fingerprint density at radius 1 is 1.56 bits per heavy atom. The van der Waals surface area contributed by atoms with Crippen LogP contribution in [0.4, 0.5) is 5.69 Å². The van der Waals surface area contributed by atoms with Crippen LogP contribution in [0.25, 0.3) is 0 Å². The zero-order valence-electron chi connectivity index (χ0n) is 10.6. The summed E-state index contributed by atoms with van der Waals surface area (Å²) < 4.78 is 6.09. The fraction of sp³-hybridized carbons (Fsp3) is 0.462. The Morgan fingerprint density at radius 2 is 2.28 bits per heavy atom. The Morgan fingerprint density at radius 3 is 2.83 bits per heavy atom. The van der Waals surface area contributed by atoms with E-state index >= 15 is 0 Å². The number of nitrogens with one attached hydrogen (secondary N) is 1. The van der Waals surface area contributed by atoms with Crippen LogP contribution in [0.1, 0.15) is 26.2 Å². The van der Waals surface area contributed by atoms with Gasteiger partial charge in [0.15, 0.2) is 0 Å². The highest BCUT2D eigenvalue weighted by molar-refractivity contribution is 9.10. The number of carbonyl (C=O) groups is 1. The Kier molecular flexibility index (Phi) is 5.98. The van der Waals surface area contributed by atoms with Crippen molar-refractivity contribution >= 4 is 27.6 Å². The number of ether oxygens (including phenoxy) is 1. The van der Waals surface area contributed by atoms with Crippen LogP contribution < -0.4 is 10.1 Å². The third-order valence-corrected chi connectivity index (χ3v) is 3.13. The highest BCUT2D eigenvalue weighted by atomic mass is 79.9. The Bertz CT molecular complexity index is 409. The first-order valence-corrected chi connectivity index (χ1v) is 6.70. The van der Waals surface area contributed by atoms with Gasteiger partial charge in [-0.3, -0.25) is 0 Å². The molecule has 0 amide bonds. The summed E-state index contributed by atoms with van der Waals surface area (Å²) >= 11 is 3.36. The number of halogens is 1. The van der Waals surface area contributed by atoms with Crippen molar-refractivity contribution in [2.45, 2.75) is 32.2 Å². The molecule has 18 heavy (non-hydrogen) atoms. The number of carboxylic acid groups (broad SMARTS) is 1. The molecule has 0 aromatic heterocycles. The molecule has 0 aliphatic rings. The van der Waals surface area contributed by atoms with Crippen LogP contribution in [0.5, 0.6) is 5.75 Å². The second-order valence-corrected chi connectivity index (χ2v) is 4.94. The summed E-state index contributed by atoms with van der Waals surface area (Å²) in [6.07, 6.45) is 2.45. The number of rotatable bonds is 7. The molecule has 0 radical (unpaired) electrons. The minimum absolute atomic E-state index is 0.590. The molecule has 1 aromatic carbocycles. The van der Waals surface area contributed by atoms with Gasteiger partial charge in [0.2, 0.25) is 0 Å². The average molecular weight is 316 g/mol. The van der Waals surface area contributed by atoms with Crippen LogP contribution in [0.2, 0.25) is 0 Å². The Hall–Kier alpha value is -1.23. The van der Waals surface area contributed by atoms with E-state index in [-0.39, 0.29) is 0 Å². The second-order valence-electron chi connectivity index (χ2n) is 4.02. The fourth-order valence-corrected chi connectivity index (χ4v) is 2.01. The molecule has 0 bridgehead atoms. The molecule has 0 saturated heterocycles. The lowest BCUT2D eigenvalue weighted by Crippen LogP contribution is -2.29. The number of hydrogen-bond donors (Lipinski definition) is 2. The standard InChI is InChI=1S/C13H18BrNO3/c1-3-4-5-10(13(16)17)15-11-8-9(14)6-7-12(11)18-2/h6-8,10,15H,3-5H2,1-2H3,(H,16,17). The molecule has 4 nitrogen and oxygen atoms in total. The summed E-state index contributed by atoms with van der Waals surface area (Å²) in [4.78, 5) is 11.2. The lowest BCUT2D eigenvalue weighted by atomic mass is 10.1. The smallest absolute Gasteiger partial charge is 0.326 e. The molecule has 1 aromatic rings. The van der Waals surface area contributed by atoms with Crippen molar-refractivity contribution in [3.63, 3.8) is 0 Å². The number of anilines is 1. The molecule has 1 atom stereocenters. The molecule has 1 rings (SSSR count). The summed E-state index contributed by atoms with van der Waals surface area (Å²) in [5.74, 6) is -0.202. The lowest BCUT2D eigenvalue weighted by molar-refractivity contribution is -0.138. The molecule has 2 N–H and O–H groups in total. The number of aliphatic carboxylic acids is 1. The maximum Gasteiger partial charge on any atom is 0.326 e. The van der Waals surface area contributed by atoms with E-state index in [1.165, 1.54) is 0 Å². The summed E-state index contributed by atoms with van der Waals surface area (Å²) in [6, 6.07) is 4.88. The van der Waals surface area contributed by atoms with Gasteiger partial charge in [-0.05, 0) is 24.6 Å². The molecule has 0 saturated carbocycles. The largest absolute Gasteiger partial charge is 0.495 e. The SMILES string of the molecule is CCCCC(Nc1cc(Br)ccc1OC)C(=O)O. The van der Waals surface area contributed by atoms with E-state index in [2.05, 4.69) is 21.2 Å². The molecular formula is C13H18BrNO3. The first-order valence-electron chi connectivity index (χ1n) is 5.91. The van der Waals surface area contributed by atoms with Gasteiger partial charge in [0.25, 0.3) is 0 Å². The van der Waals surface area contributed by atoms with Crippen LogP contribution in [0.3, 0.4) is 0 Å². The summed E-state index contributed by atoms with van der Waals surface area (Å²) in [6.45, 7) is 2.04. The molecule has 5 heteroatoms. The molecule has 1 unspecified atom stereocenters. The van der Waals surface area contributed by atoms with Crippen molar-refractivity contribution in [2.75, 3.05) is 12.4 Å². The zero-order chi connectivity index (χ0) is 13.5. The van der Waals surface area contributed by atoms with E-state index < -0.39 is 12.0 Å². The Balaban J connectivity index is 2.85. The number of hydrogen-bond acceptors (Lipinski definition) is 3. The highest BCUT2D eigenvalue weighted by Crippen LogP contribution is 2.29. The van der Waals surface area contributed by atoms with Gasteiger partial charge in [0, 0.05) is 4.47 Å². The first kappa shape index (κ1) is 14.8. The zero-order valence-corrected chi connectivity index (χ0v) is 12.2. The van der Waals surface area contributed by atoms with Crippen molar-refractivity contribution in [3.05, 3.63) is 22.7 Å². The predicted molar refractivity (Wildman–Crippen MR) is 75.3 cm³/mol. The minimum atomic E-state index is -0.842. The first-order chi connectivity index (χ1) is 8.58. The Labute approximate surface area is 115 Å². The van der Waals surface area contributed by atoms with Gasteiger partial charge in [-0.1, -0.05) is 35.7 Å². The van der Waals surface area contributed by atoms with Crippen molar-refractivity contribution in [1.29, 1.82) is 0 Å². The molecule has 0 fully saturated rings. The van der Waals surface area contributed by atoms with Crippen LogP contribution in [0.15, 0.2) is 22.7 Å². The normalized spacial score (nSPS) is 11.9. The topological polar surface area (TPSA) is 58.6 Å². The number of benzene rings is 1. The second kappa shape index (κ2) is 7.26. The third-order valence-electron chi connectivity index (χ3n) is 2.64. The van der Waals surface area contributed by atoms with E-state index in [4.69, 9.17) is 4.74 Å². The van der Waals surface area contributed by atoms with Gasteiger partial charge < -0.3 is 15.2 Å². The van der Waals surface area contributed by atoms with E-state index in [1.54, 1.807) is 13.2 Å². The molecule has 0 heterocycles. The van der Waals surface area contributed by atoms with Gasteiger partial charge in [-0.25, -0.2) is 4.79 Å². The van der Waals surface area contributed by atoms with Gasteiger partial charge in [0.1, 0.15) is 11.8 Å². The van der Waals surface area contributed by atoms with Crippen LogP contribution in [-0.4, -0.2) is 24.2 Å². The molecule has 0 aliphatic heterocycles. The third kappa shape index (κ3) is 4.22. The van der Waals surface area contributed by atoms with Gasteiger partial charge >= 0.3 is 5.97 Å². The van der Waals surface area contributed by atoms with Crippen molar-refractivity contribution in [2.24, 2.45) is 0 Å². The molecule has 0 aliphatic carbocycles. The number of methoxy groups -OCH3 is 1. The number of carboxylic acids is 1. The molecular weight excluding hydrogens is 298 g/mol. The summed E-state index contributed by atoms with van der Waals surface area (Å²) in [5.41, 5.74) is 0.690. The van der Waals surface area contributed by atoms with Gasteiger partial charge in [-0.2, -0.15) is 0 Å². The maximum atomic E-state index is 11.2. The molecule has 0 spiro atoms. The quantitative estimate of drug-likeness (QED) is 0.808. The molecule has 100 valence electrons. The van der Waals surface area contributed by atoms with Gasteiger partial charge in [-0.15, -0.1) is 0 Å². The minimum Gasteiger partial charge on any atom is -0.495 e. The van der Waals surface area contributed by atoms with Crippen molar-refractivity contribution in [1.82, 2.24) is 0 Å². The van der Waals surface area contributed by atoms with E-state index in [0.717, 1.165) is 17.3 Å². The van der Waals surface area contributed by atoms with E-state index in [9.17, 15) is 9.90 Å². The van der Waals surface area contributed by atoms with Crippen molar-refractivity contribution < 1.29 is 14.6 Å². The van der Waals surface area contributed by atoms with E-state index in [0.29, 0.717) is 17.9 Å². The average Bonchev–Trinajstić information content (AvgIpc) is 2.34. The van der Waals surface area contributed by atoms with Gasteiger partial charge in [0.05, 0.1) is 12.8 Å². The van der Waals surface area contributed by atoms with Crippen molar-refractivity contribution in [3.8, 4) is 5.75 Å². The summed E-state index contributed by atoms with van der Waals surface area (Å²) in [7, 11) is 1.57. The van der Waals surface area contributed by atoms with E-state index in [1.807, 2.05) is 19.1 Å². The maximum absolute atomic E-state index is 11.2. The van der Waals surface area contributed by atoms with Crippen LogP contribution in [0, 0.1) is 0 Å². The lowest BCUT2D eigenvalue weighted by Gasteiger charge is -2.17. The fourth-order valence-electron chi connectivity index (χ4n) is 1.65. The monoisotopic (exact) mass is 315 g/mol. The number of unbranched alkanes of at least 4 members (excludes halogenated alkanes) is 1.